The number of aromatic nitrogens is 1. The number of benzene rings is 2. The van der Waals surface area contributed by atoms with Gasteiger partial charge < -0.3 is 4.42 Å². The van der Waals surface area contributed by atoms with E-state index in [1.165, 1.54) is 0 Å². The van der Waals surface area contributed by atoms with Gasteiger partial charge in [-0.3, -0.25) is 4.98 Å². The second-order valence-electron chi connectivity index (χ2n) is 4.19. The molecular weight excluding hydrogens is 330 g/mol. The maximum absolute atomic E-state index is 11.1. The smallest absolute Gasteiger partial charge is 0.408 e. The molecule has 3 rings (SSSR count). The SMILES string of the molecule is O=c1[nH]c2ccc(C(Cl)c3cccc(Br)c3)cc2o1. The quantitative estimate of drug-likeness (QED) is 0.711. The summed E-state index contributed by atoms with van der Waals surface area (Å²) in [7, 11) is 0. The van der Waals surface area contributed by atoms with Crippen LogP contribution in [0.1, 0.15) is 16.5 Å². The van der Waals surface area contributed by atoms with Gasteiger partial charge in [-0.05, 0) is 35.4 Å². The third kappa shape index (κ3) is 2.46. The van der Waals surface area contributed by atoms with Crippen molar-refractivity contribution in [1.82, 2.24) is 4.98 Å². The molecule has 96 valence electrons. The number of fused-ring (bicyclic) bond motifs is 1. The summed E-state index contributed by atoms with van der Waals surface area (Å²) < 4.78 is 6.02. The predicted molar refractivity (Wildman–Crippen MR) is 78.7 cm³/mol. The largest absolute Gasteiger partial charge is 0.417 e. The minimum Gasteiger partial charge on any atom is -0.408 e. The van der Waals surface area contributed by atoms with Crippen LogP contribution in [0.15, 0.2) is 56.1 Å². The number of aromatic amines is 1. The van der Waals surface area contributed by atoms with Crippen LogP contribution in [-0.2, 0) is 0 Å². The fourth-order valence-electron chi connectivity index (χ4n) is 1.98. The van der Waals surface area contributed by atoms with Crippen molar-refractivity contribution >= 4 is 38.6 Å². The third-order valence-corrected chi connectivity index (χ3v) is 3.88. The molecule has 0 aliphatic rings. The zero-order chi connectivity index (χ0) is 13.4. The highest BCUT2D eigenvalue weighted by Crippen LogP contribution is 2.31. The Morgan fingerprint density at radius 2 is 1.95 bits per heavy atom. The first kappa shape index (κ1) is 12.5. The van der Waals surface area contributed by atoms with Crippen LogP contribution in [0.25, 0.3) is 11.1 Å². The molecule has 0 spiro atoms. The molecular formula is C14H9BrClNO2. The van der Waals surface area contributed by atoms with E-state index in [0.717, 1.165) is 15.6 Å². The Morgan fingerprint density at radius 1 is 1.16 bits per heavy atom. The molecule has 0 saturated heterocycles. The number of rotatable bonds is 2. The number of alkyl halides is 1. The normalized spacial score (nSPS) is 12.7. The lowest BCUT2D eigenvalue weighted by Crippen LogP contribution is -1.93. The first-order valence-electron chi connectivity index (χ1n) is 5.66. The maximum atomic E-state index is 11.1. The van der Waals surface area contributed by atoms with Crippen molar-refractivity contribution in [3.8, 4) is 0 Å². The van der Waals surface area contributed by atoms with Crippen molar-refractivity contribution in [2.45, 2.75) is 5.38 Å². The molecule has 0 saturated carbocycles. The van der Waals surface area contributed by atoms with Crippen molar-refractivity contribution in [2.75, 3.05) is 0 Å². The first-order chi connectivity index (χ1) is 9.13. The van der Waals surface area contributed by atoms with E-state index in [2.05, 4.69) is 20.9 Å². The Kier molecular flexibility index (Phi) is 3.21. The number of oxazole rings is 1. The highest BCUT2D eigenvalue weighted by atomic mass is 79.9. The molecule has 1 aromatic heterocycles. The molecule has 2 aromatic carbocycles. The standard InChI is InChI=1S/C14H9BrClNO2/c15-10-3-1-2-8(6-10)13(16)9-4-5-11-12(7-9)19-14(18)17-11/h1-7,13H,(H,17,18). The molecule has 0 aliphatic carbocycles. The minimum atomic E-state index is -0.458. The van der Waals surface area contributed by atoms with Gasteiger partial charge in [-0.25, -0.2) is 4.79 Å². The van der Waals surface area contributed by atoms with E-state index >= 15 is 0 Å². The van der Waals surface area contributed by atoms with Gasteiger partial charge in [0.2, 0.25) is 0 Å². The van der Waals surface area contributed by atoms with Crippen molar-refractivity contribution in [3.63, 3.8) is 0 Å². The van der Waals surface area contributed by atoms with Crippen LogP contribution >= 0.6 is 27.5 Å². The number of H-pyrrole nitrogens is 1. The van der Waals surface area contributed by atoms with Gasteiger partial charge in [0.25, 0.3) is 0 Å². The summed E-state index contributed by atoms with van der Waals surface area (Å²) in [6.07, 6.45) is 0. The number of nitrogens with one attached hydrogen (secondary N) is 1. The lowest BCUT2D eigenvalue weighted by Gasteiger charge is -2.10. The highest BCUT2D eigenvalue weighted by molar-refractivity contribution is 9.10. The molecule has 1 heterocycles. The van der Waals surface area contributed by atoms with E-state index in [1.807, 2.05) is 30.3 Å². The van der Waals surface area contributed by atoms with E-state index in [4.69, 9.17) is 16.0 Å². The molecule has 0 fully saturated rings. The summed E-state index contributed by atoms with van der Waals surface area (Å²) in [5.41, 5.74) is 3.05. The molecule has 0 bridgehead atoms. The summed E-state index contributed by atoms with van der Waals surface area (Å²) in [5.74, 6) is -0.458. The van der Waals surface area contributed by atoms with E-state index in [-0.39, 0.29) is 5.38 Å². The van der Waals surface area contributed by atoms with Crippen LogP contribution in [-0.4, -0.2) is 4.98 Å². The lowest BCUT2D eigenvalue weighted by molar-refractivity contribution is 0.555. The average molecular weight is 339 g/mol. The number of hydrogen-bond donors (Lipinski definition) is 1. The van der Waals surface area contributed by atoms with Gasteiger partial charge in [0.1, 0.15) is 0 Å². The zero-order valence-corrected chi connectivity index (χ0v) is 12.0. The van der Waals surface area contributed by atoms with E-state index in [9.17, 15) is 4.79 Å². The third-order valence-electron chi connectivity index (χ3n) is 2.88. The molecule has 0 radical (unpaired) electrons. The summed E-state index contributed by atoms with van der Waals surface area (Å²) in [4.78, 5) is 13.7. The molecule has 1 unspecified atom stereocenters. The van der Waals surface area contributed by atoms with Gasteiger partial charge in [-0.15, -0.1) is 11.6 Å². The molecule has 1 N–H and O–H groups in total. The van der Waals surface area contributed by atoms with Crippen LogP contribution in [0.3, 0.4) is 0 Å². The van der Waals surface area contributed by atoms with E-state index in [1.54, 1.807) is 12.1 Å². The van der Waals surface area contributed by atoms with Gasteiger partial charge >= 0.3 is 5.76 Å². The van der Waals surface area contributed by atoms with Gasteiger partial charge in [0.15, 0.2) is 5.58 Å². The van der Waals surface area contributed by atoms with Crippen molar-refractivity contribution in [3.05, 3.63) is 68.6 Å². The monoisotopic (exact) mass is 337 g/mol. The molecule has 1 atom stereocenters. The summed E-state index contributed by atoms with van der Waals surface area (Å²) >= 11 is 9.88. The van der Waals surface area contributed by atoms with Crippen LogP contribution in [0.2, 0.25) is 0 Å². The fourth-order valence-corrected chi connectivity index (χ4v) is 2.66. The minimum absolute atomic E-state index is 0.290. The van der Waals surface area contributed by atoms with E-state index < -0.39 is 5.76 Å². The Hall–Kier alpha value is -1.52. The summed E-state index contributed by atoms with van der Waals surface area (Å²) in [6, 6.07) is 13.3. The molecule has 3 aromatic rings. The first-order valence-corrected chi connectivity index (χ1v) is 6.89. The summed E-state index contributed by atoms with van der Waals surface area (Å²) in [5, 5.41) is -0.290. The van der Waals surface area contributed by atoms with Crippen molar-refractivity contribution in [1.29, 1.82) is 0 Å². The van der Waals surface area contributed by atoms with Gasteiger partial charge in [-0.1, -0.05) is 34.1 Å². The van der Waals surface area contributed by atoms with Crippen molar-refractivity contribution < 1.29 is 4.42 Å². The van der Waals surface area contributed by atoms with Crippen LogP contribution < -0.4 is 5.76 Å². The van der Waals surface area contributed by atoms with Crippen LogP contribution in [0.4, 0.5) is 0 Å². The zero-order valence-electron chi connectivity index (χ0n) is 9.69. The molecule has 0 amide bonds. The Balaban J connectivity index is 2.05. The number of halogens is 2. The second-order valence-corrected chi connectivity index (χ2v) is 5.54. The molecule has 5 heteroatoms. The van der Waals surface area contributed by atoms with Gasteiger partial charge in [0.05, 0.1) is 10.9 Å². The Labute approximate surface area is 122 Å². The average Bonchev–Trinajstić information content (AvgIpc) is 2.76. The van der Waals surface area contributed by atoms with E-state index in [0.29, 0.717) is 11.1 Å². The lowest BCUT2D eigenvalue weighted by atomic mass is 10.0. The molecule has 0 aliphatic heterocycles. The maximum Gasteiger partial charge on any atom is 0.417 e. The Morgan fingerprint density at radius 3 is 2.74 bits per heavy atom. The van der Waals surface area contributed by atoms with Gasteiger partial charge in [-0.2, -0.15) is 0 Å². The Bertz CT molecular complexity index is 793. The second kappa shape index (κ2) is 4.87. The fraction of sp³-hybridized carbons (Fsp3) is 0.0714. The van der Waals surface area contributed by atoms with Crippen LogP contribution in [0.5, 0.6) is 0 Å². The number of hydrogen-bond acceptors (Lipinski definition) is 2. The topological polar surface area (TPSA) is 46.0 Å². The predicted octanol–water partition coefficient (Wildman–Crippen LogP) is 4.21. The molecule has 3 nitrogen and oxygen atoms in total. The van der Waals surface area contributed by atoms with Crippen LogP contribution in [0, 0.1) is 0 Å². The van der Waals surface area contributed by atoms with Gasteiger partial charge in [0, 0.05) is 4.47 Å². The van der Waals surface area contributed by atoms with Crippen molar-refractivity contribution in [2.24, 2.45) is 0 Å². The highest BCUT2D eigenvalue weighted by Gasteiger charge is 2.13. The molecule has 19 heavy (non-hydrogen) atoms. The summed E-state index contributed by atoms with van der Waals surface area (Å²) in [6.45, 7) is 0.